The van der Waals surface area contributed by atoms with Crippen LogP contribution in [0, 0.1) is 30.9 Å². The Hall–Kier alpha value is -1.89. The molecule has 18 heavy (non-hydrogen) atoms. The lowest BCUT2D eigenvalue weighted by Gasteiger charge is -2.08. The van der Waals surface area contributed by atoms with Gasteiger partial charge in [0.2, 0.25) is 6.33 Å². The van der Waals surface area contributed by atoms with Gasteiger partial charge in [0, 0.05) is 21.9 Å². The maximum atomic E-state index is 10.5. The van der Waals surface area contributed by atoms with E-state index in [2.05, 4.69) is 22.2 Å². The van der Waals surface area contributed by atoms with Gasteiger partial charge in [-0.1, -0.05) is 17.7 Å². The number of hydrogen-bond donors (Lipinski definition) is 0. The Labute approximate surface area is 108 Å². The third kappa shape index (κ3) is 2.51. The minimum absolute atomic E-state index is 0.384. The van der Waals surface area contributed by atoms with Gasteiger partial charge in [0.05, 0.1) is 0 Å². The third-order valence-electron chi connectivity index (χ3n) is 2.41. The molecule has 1 aromatic heterocycles. The van der Waals surface area contributed by atoms with E-state index in [4.69, 9.17) is 0 Å². The molecule has 0 spiro atoms. The van der Waals surface area contributed by atoms with Gasteiger partial charge in [-0.3, -0.25) is 0 Å². The summed E-state index contributed by atoms with van der Waals surface area (Å²) in [4.78, 5) is 14.6. The fraction of sp³-hybridized carbons (Fsp3) is 0.273. The molecule has 0 unspecified atom stereocenters. The van der Waals surface area contributed by atoms with E-state index in [9.17, 15) is 10.1 Å². The summed E-state index contributed by atoms with van der Waals surface area (Å²) >= 11 is 1.33. The number of nitrogens with zero attached hydrogens (tertiary/aromatic N) is 4. The van der Waals surface area contributed by atoms with Crippen LogP contribution in [0.5, 0.6) is 0 Å². The van der Waals surface area contributed by atoms with Gasteiger partial charge in [0.25, 0.3) is 0 Å². The van der Waals surface area contributed by atoms with E-state index in [-0.39, 0.29) is 5.95 Å². The summed E-state index contributed by atoms with van der Waals surface area (Å²) < 4.78 is 1.41. The van der Waals surface area contributed by atoms with E-state index >= 15 is 0 Å². The molecule has 0 N–H and O–H groups in total. The first-order valence-electron chi connectivity index (χ1n) is 5.29. The number of aromatic nitrogens is 3. The Morgan fingerprint density at radius 1 is 1.28 bits per heavy atom. The molecule has 0 saturated heterocycles. The Bertz CT molecular complexity index is 586. The van der Waals surface area contributed by atoms with Gasteiger partial charge in [0.1, 0.15) is 0 Å². The molecule has 2 aromatic rings. The highest BCUT2D eigenvalue weighted by Crippen LogP contribution is 2.28. The van der Waals surface area contributed by atoms with Crippen LogP contribution in [0.2, 0.25) is 0 Å². The minimum Gasteiger partial charge on any atom is -0.390 e. The summed E-state index contributed by atoms with van der Waals surface area (Å²) in [5, 5.41) is 14.3. The van der Waals surface area contributed by atoms with Crippen LogP contribution < -0.4 is 0 Å². The lowest BCUT2D eigenvalue weighted by molar-refractivity contribution is -0.394. The zero-order chi connectivity index (χ0) is 13.3. The van der Waals surface area contributed by atoms with Crippen molar-refractivity contribution >= 4 is 17.9 Å². The summed E-state index contributed by atoms with van der Waals surface area (Å²) in [6.07, 6.45) is 1.35. The first kappa shape index (κ1) is 12.6. The average Bonchev–Trinajstić information content (AvgIpc) is 2.71. The second-order valence-electron chi connectivity index (χ2n) is 4.02. The third-order valence-corrected chi connectivity index (χ3v) is 3.60. The van der Waals surface area contributed by atoms with Crippen molar-refractivity contribution in [3.8, 4) is 0 Å². The van der Waals surface area contributed by atoms with Crippen LogP contribution in [-0.4, -0.2) is 19.1 Å². The van der Waals surface area contributed by atoms with E-state index in [0.717, 1.165) is 16.0 Å². The molecule has 0 saturated carbocycles. The van der Waals surface area contributed by atoms with E-state index in [1.54, 1.807) is 0 Å². The highest BCUT2D eigenvalue weighted by atomic mass is 32.2. The highest BCUT2D eigenvalue weighted by Gasteiger charge is 2.15. The maximum Gasteiger partial charge on any atom is 0.491 e. The van der Waals surface area contributed by atoms with E-state index in [0.29, 0.717) is 0 Å². The minimum atomic E-state index is -0.605. The summed E-state index contributed by atoms with van der Waals surface area (Å²) in [7, 11) is 0. The van der Waals surface area contributed by atoms with Crippen LogP contribution in [0.1, 0.15) is 16.7 Å². The zero-order valence-electron chi connectivity index (χ0n) is 10.2. The van der Waals surface area contributed by atoms with Gasteiger partial charge in [-0.2, -0.15) is 0 Å². The fourth-order valence-corrected chi connectivity index (χ4v) is 2.57. The van der Waals surface area contributed by atoms with Gasteiger partial charge in [-0.25, -0.2) is 0 Å². The maximum absolute atomic E-state index is 10.5. The molecule has 0 aliphatic carbocycles. The number of hydrogen-bond acceptors (Lipinski definition) is 5. The standard InChI is InChI=1S/C11H12N4O2S/c1-7-4-8(2)10(9(3)5-7)18-14-6-12-11(13-14)15(16)17/h4-6H,1-3H3. The van der Waals surface area contributed by atoms with E-state index < -0.39 is 4.92 Å². The highest BCUT2D eigenvalue weighted by molar-refractivity contribution is 7.97. The molecule has 7 heteroatoms. The van der Waals surface area contributed by atoms with Crippen LogP contribution in [0.4, 0.5) is 5.95 Å². The molecule has 0 fully saturated rings. The van der Waals surface area contributed by atoms with Crippen molar-refractivity contribution in [3.63, 3.8) is 0 Å². The second kappa shape index (κ2) is 4.77. The van der Waals surface area contributed by atoms with Gasteiger partial charge >= 0.3 is 5.95 Å². The molecule has 0 atom stereocenters. The van der Waals surface area contributed by atoms with Gasteiger partial charge < -0.3 is 10.1 Å². The molecule has 94 valence electrons. The zero-order valence-corrected chi connectivity index (χ0v) is 11.1. The van der Waals surface area contributed by atoms with Crippen molar-refractivity contribution in [2.24, 2.45) is 0 Å². The first-order valence-corrected chi connectivity index (χ1v) is 6.07. The number of nitro groups is 1. The Morgan fingerprint density at radius 3 is 2.39 bits per heavy atom. The van der Waals surface area contributed by atoms with Crippen molar-refractivity contribution in [2.75, 3.05) is 0 Å². The predicted molar refractivity (Wildman–Crippen MR) is 68.6 cm³/mol. The van der Waals surface area contributed by atoms with Gasteiger partial charge in [-0.15, -0.1) is 4.09 Å². The quantitative estimate of drug-likeness (QED) is 0.629. The van der Waals surface area contributed by atoms with Crippen molar-refractivity contribution < 1.29 is 4.92 Å². The Kier molecular flexibility index (Phi) is 3.33. The lowest BCUT2D eigenvalue weighted by atomic mass is 10.1. The van der Waals surface area contributed by atoms with Crippen molar-refractivity contribution in [1.82, 2.24) is 14.2 Å². The Morgan fingerprint density at radius 2 is 1.89 bits per heavy atom. The molecule has 1 heterocycles. The Balaban J connectivity index is 2.31. The van der Waals surface area contributed by atoms with Gasteiger partial charge in [-0.05, 0) is 41.8 Å². The number of rotatable bonds is 3. The van der Waals surface area contributed by atoms with Crippen molar-refractivity contribution in [2.45, 2.75) is 25.7 Å². The lowest BCUT2D eigenvalue weighted by Crippen LogP contribution is -1.95. The van der Waals surface area contributed by atoms with E-state index in [1.165, 1.54) is 27.9 Å². The van der Waals surface area contributed by atoms with Crippen molar-refractivity contribution in [1.29, 1.82) is 0 Å². The van der Waals surface area contributed by atoms with Crippen LogP contribution in [-0.2, 0) is 0 Å². The summed E-state index contributed by atoms with van der Waals surface area (Å²) in [5.74, 6) is -0.384. The molecule has 1 aromatic carbocycles. The summed E-state index contributed by atoms with van der Waals surface area (Å²) in [5.41, 5.74) is 3.44. The molecule has 6 nitrogen and oxygen atoms in total. The molecular formula is C11H12N4O2S. The first-order chi connectivity index (χ1) is 8.47. The number of aryl methyl sites for hydroxylation is 3. The molecule has 0 radical (unpaired) electrons. The van der Waals surface area contributed by atoms with E-state index in [1.807, 2.05) is 20.8 Å². The molecule has 0 aliphatic rings. The predicted octanol–water partition coefficient (Wildman–Crippen LogP) is 2.67. The summed E-state index contributed by atoms with van der Waals surface area (Å²) in [6, 6.07) is 4.14. The van der Waals surface area contributed by atoms with Crippen LogP contribution in [0.3, 0.4) is 0 Å². The van der Waals surface area contributed by atoms with Crippen LogP contribution >= 0.6 is 11.9 Å². The van der Waals surface area contributed by atoms with Crippen LogP contribution in [0.25, 0.3) is 0 Å². The largest absolute Gasteiger partial charge is 0.491 e. The molecular weight excluding hydrogens is 252 g/mol. The normalized spacial score (nSPS) is 10.6. The average molecular weight is 264 g/mol. The smallest absolute Gasteiger partial charge is 0.390 e. The SMILES string of the molecule is Cc1cc(C)c(Sn2cnc([N+](=O)[O-])n2)c(C)c1. The summed E-state index contributed by atoms with van der Waals surface area (Å²) in [6.45, 7) is 6.05. The topological polar surface area (TPSA) is 73.8 Å². The molecule has 2 rings (SSSR count). The van der Waals surface area contributed by atoms with Crippen molar-refractivity contribution in [3.05, 3.63) is 45.3 Å². The molecule has 0 aliphatic heterocycles. The fourth-order valence-electron chi connectivity index (χ4n) is 1.77. The number of benzene rings is 1. The molecule has 0 amide bonds. The monoisotopic (exact) mass is 264 g/mol. The van der Waals surface area contributed by atoms with Crippen LogP contribution in [0.15, 0.2) is 23.4 Å². The molecule has 0 bridgehead atoms. The van der Waals surface area contributed by atoms with Gasteiger partial charge in [0.15, 0.2) is 0 Å². The second-order valence-corrected chi connectivity index (χ2v) is 4.99.